The maximum atomic E-state index is 12.5. The zero-order valence-corrected chi connectivity index (χ0v) is 16.2. The molecular weight excluding hydrogens is 366 g/mol. The van der Waals surface area contributed by atoms with Crippen LogP contribution in [-0.4, -0.2) is 56.3 Å². The Morgan fingerprint density at radius 3 is 2.74 bits per heavy atom. The van der Waals surface area contributed by atoms with E-state index in [1.807, 2.05) is 13.8 Å². The van der Waals surface area contributed by atoms with Crippen molar-refractivity contribution in [1.29, 1.82) is 0 Å². The van der Waals surface area contributed by atoms with Crippen LogP contribution in [0.4, 0.5) is 11.9 Å². The van der Waals surface area contributed by atoms with Gasteiger partial charge in [-0.1, -0.05) is 23.9 Å². The molecule has 0 aliphatic rings. The third-order valence-electron chi connectivity index (χ3n) is 3.64. The van der Waals surface area contributed by atoms with Crippen molar-refractivity contribution >= 4 is 35.2 Å². The molecule has 9 nitrogen and oxygen atoms in total. The number of nitrogens with zero attached hydrogens (tertiary/aromatic N) is 5. The van der Waals surface area contributed by atoms with Crippen molar-refractivity contribution in [3.05, 3.63) is 29.8 Å². The number of benzene rings is 1. The molecule has 0 spiro atoms. The highest BCUT2D eigenvalue weighted by atomic mass is 32.2. The first-order valence-electron chi connectivity index (χ1n) is 8.57. The first-order valence-corrected chi connectivity index (χ1v) is 9.55. The molecule has 0 aliphatic heterocycles. The molecule has 1 aromatic carbocycles. The standard InChI is InChI=1S/C17H21N7O2S/c1-4-18-14-20-15(19-5-2)24-16(21-14)22-23-17(24)27-10-13(25)11-7-6-8-12(9-11)26-3/h6-9H,4-5,10H2,1-3H3,(H2,18,19,20,21,22). The Balaban J connectivity index is 1.83. The van der Waals surface area contributed by atoms with Crippen molar-refractivity contribution < 1.29 is 9.53 Å². The normalized spacial score (nSPS) is 10.8. The second kappa shape index (κ2) is 8.67. The predicted molar refractivity (Wildman–Crippen MR) is 105 cm³/mol. The SMILES string of the molecule is CCNc1nc(NCC)n2c(SCC(=O)c3cccc(OC)c3)nnc2n1. The lowest BCUT2D eigenvalue weighted by Crippen LogP contribution is -2.12. The van der Waals surface area contributed by atoms with Crippen LogP contribution in [0.2, 0.25) is 0 Å². The first kappa shape index (κ1) is 18.9. The van der Waals surface area contributed by atoms with Gasteiger partial charge in [-0.2, -0.15) is 9.97 Å². The summed E-state index contributed by atoms with van der Waals surface area (Å²) in [6.45, 7) is 5.33. The van der Waals surface area contributed by atoms with Gasteiger partial charge in [-0.15, -0.1) is 10.2 Å². The lowest BCUT2D eigenvalue weighted by molar-refractivity contribution is 0.102. The van der Waals surface area contributed by atoms with Crippen LogP contribution in [0.25, 0.3) is 5.78 Å². The summed E-state index contributed by atoms with van der Waals surface area (Å²) in [5.74, 6) is 2.34. The summed E-state index contributed by atoms with van der Waals surface area (Å²) in [7, 11) is 1.57. The largest absolute Gasteiger partial charge is 0.497 e. The Bertz CT molecular complexity index is 944. The molecule has 2 aromatic heterocycles. The molecule has 0 atom stereocenters. The third-order valence-corrected chi connectivity index (χ3v) is 4.57. The minimum atomic E-state index is -0.0224. The molecule has 2 heterocycles. The number of methoxy groups -OCH3 is 1. The maximum Gasteiger partial charge on any atom is 0.261 e. The molecule has 142 valence electrons. The average Bonchev–Trinajstić information content (AvgIpc) is 3.10. The van der Waals surface area contributed by atoms with Gasteiger partial charge in [0.2, 0.25) is 11.9 Å². The van der Waals surface area contributed by atoms with E-state index in [4.69, 9.17) is 4.74 Å². The molecule has 0 bridgehead atoms. The molecular formula is C17H21N7O2S. The van der Waals surface area contributed by atoms with E-state index in [0.717, 1.165) is 0 Å². The monoisotopic (exact) mass is 387 g/mol. The minimum Gasteiger partial charge on any atom is -0.497 e. The molecule has 3 rings (SSSR count). The summed E-state index contributed by atoms with van der Waals surface area (Å²) < 4.78 is 6.89. The van der Waals surface area contributed by atoms with E-state index in [2.05, 4.69) is 30.8 Å². The summed E-state index contributed by atoms with van der Waals surface area (Å²) in [6, 6.07) is 7.09. The first-order chi connectivity index (χ1) is 13.2. The topological polar surface area (TPSA) is 106 Å². The Hall–Kier alpha value is -2.88. The minimum absolute atomic E-state index is 0.0224. The zero-order chi connectivity index (χ0) is 19.2. The quantitative estimate of drug-likeness (QED) is 0.423. The van der Waals surface area contributed by atoms with Gasteiger partial charge in [-0.25, -0.2) is 4.40 Å². The van der Waals surface area contributed by atoms with Gasteiger partial charge in [0.15, 0.2) is 10.9 Å². The van der Waals surface area contributed by atoms with Crippen molar-refractivity contribution in [3.63, 3.8) is 0 Å². The van der Waals surface area contributed by atoms with Gasteiger partial charge in [-0.05, 0) is 26.0 Å². The number of rotatable bonds is 9. The number of nitrogens with one attached hydrogen (secondary N) is 2. The molecule has 27 heavy (non-hydrogen) atoms. The number of thioether (sulfide) groups is 1. The number of anilines is 2. The summed E-state index contributed by atoms with van der Waals surface area (Å²) in [5.41, 5.74) is 0.591. The predicted octanol–water partition coefficient (Wildman–Crippen LogP) is 2.37. The van der Waals surface area contributed by atoms with Gasteiger partial charge >= 0.3 is 0 Å². The van der Waals surface area contributed by atoms with E-state index in [9.17, 15) is 4.79 Å². The highest BCUT2D eigenvalue weighted by molar-refractivity contribution is 7.99. The Morgan fingerprint density at radius 2 is 2.00 bits per heavy atom. The van der Waals surface area contributed by atoms with Crippen LogP contribution < -0.4 is 15.4 Å². The van der Waals surface area contributed by atoms with Crippen molar-refractivity contribution in [2.75, 3.05) is 36.6 Å². The van der Waals surface area contributed by atoms with Crippen LogP contribution in [0, 0.1) is 0 Å². The third kappa shape index (κ3) is 4.27. The van der Waals surface area contributed by atoms with Gasteiger partial charge in [0.05, 0.1) is 12.9 Å². The van der Waals surface area contributed by atoms with E-state index in [0.29, 0.717) is 47.2 Å². The second-order valence-corrected chi connectivity index (χ2v) is 6.44. The van der Waals surface area contributed by atoms with Crippen LogP contribution in [0.3, 0.4) is 0 Å². The van der Waals surface area contributed by atoms with Crippen molar-refractivity contribution in [2.45, 2.75) is 19.0 Å². The van der Waals surface area contributed by atoms with Crippen LogP contribution >= 0.6 is 11.8 Å². The van der Waals surface area contributed by atoms with Crippen LogP contribution in [0.5, 0.6) is 5.75 Å². The highest BCUT2D eigenvalue weighted by Crippen LogP contribution is 2.22. The zero-order valence-electron chi connectivity index (χ0n) is 15.4. The summed E-state index contributed by atoms with van der Waals surface area (Å²) >= 11 is 1.29. The number of aromatic nitrogens is 5. The fraction of sp³-hybridized carbons (Fsp3) is 0.353. The summed E-state index contributed by atoms with van der Waals surface area (Å²) in [5, 5.41) is 15.1. The van der Waals surface area contributed by atoms with E-state index >= 15 is 0 Å². The van der Waals surface area contributed by atoms with Crippen molar-refractivity contribution in [3.8, 4) is 5.75 Å². The van der Waals surface area contributed by atoms with Crippen LogP contribution in [0.15, 0.2) is 29.4 Å². The van der Waals surface area contributed by atoms with E-state index in [1.165, 1.54) is 11.8 Å². The van der Waals surface area contributed by atoms with Crippen molar-refractivity contribution in [1.82, 2.24) is 24.6 Å². The molecule has 0 saturated carbocycles. The molecule has 0 fully saturated rings. The number of carbonyl (C=O) groups excluding carboxylic acids is 1. The molecule has 10 heteroatoms. The molecule has 0 saturated heterocycles. The Kier molecular flexibility index (Phi) is 6.07. The Morgan fingerprint density at radius 1 is 1.19 bits per heavy atom. The van der Waals surface area contributed by atoms with Gasteiger partial charge in [-0.3, -0.25) is 4.79 Å². The van der Waals surface area contributed by atoms with E-state index in [1.54, 1.807) is 35.8 Å². The Labute approximate surface area is 161 Å². The molecule has 0 radical (unpaired) electrons. The number of hydrogen-bond acceptors (Lipinski definition) is 9. The number of fused-ring (bicyclic) bond motifs is 1. The number of Topliss-reactive ketones (excluding diaryl/α,β-unsaturated/α-hetero) is 1. The molecule has 0 amide bonds. The number of carbonyl (C=O) groups is 1. The molecule has 3 aromatic rings. The number of hydrogen-bond donors (Lipinski definition) is 2. The molecule has 0 unspecified atom stereocenters. The van der Waals surface area contributed by atoms with Crippen LogP contribution in [-0.2, 0) is 0 Å². The van der Waals surface area contributed by atoms with E-state index in [-0.39, 0.29) is 11.5 Å². The van der Waals surface area contributed by atoms with Gasteiger partial charge < -0.3 is 15.4 Å². The number of ether oxygens (including phenoxy) is 1. The lowest BCUT2D eigenvalue weighted by atomic mass is 10.1. The molecule has 2 N–H and O–H groups in total. The van der Waals surface area contributed by atoms with Gasteiger partial charge in [0, 0.05) is 18.7 Å². The maximum absolute atomic E-state index is 12.5. The van der Waals surface area contributed by atoms with Crippen molar-refractivity contribution in [2.24, 2.45) is 0 Å². The highest BCUT2D eigenvalue weighted by Gasteiger charge is 2.16. The number of ketones is 1. The smallest absolute Gasteiger partial charge is 0.261 e. The summed E-state index contributed by atoms with van der Waals surface area (Å²) in [6.07, 6.45) is 0. The lowest BCUT2D eigenvalue weighted by Gasteiger charge is -2.09. The van der Waals surface area contributed by atoms with E-state index < -0.39 is 0 Å². The average molecular weight is 387 g/mol. The van der Waals surface area contributed by atoms with Gasteiger partial charge in [0.1, 0.15) is 5.75 Å². The fourth-order valence-corrected chi connectivity index (χ4v) is 3.23. The van der Waals surface area contributed by atoms with Crippen LogP contribution in [0.1, 0.15) is 24.2 Å². The fourth-order valence-electron chi connectivity index (χ4n) is 2.41. The second-order valence-electron chi connectivity index (χ2n) is 5.49. The van der Waals surface area contributed by atoms with Gasteiger partial charge in [0.25, 0.3) is 5.78 Å². The molecule has 0 aliphatic carbocycles. The summed E-state index contributed by atoms with van der Waals surface area (Å²) in [4.78, 5) is 21.3.